The largest absolute Gasteiger partial charge is 0.388 e. The van der Waals surface area contributed by atoms with E-state index in [9.17, 15) is 9.90 Å². The number of rotatable bonds is 4. The first kappa shape index (κ1) is 15.6. The van der Waals surface area contributed by atoms with Gasteiger partial charge in [0, 0.05) is 0 Å². The molecule has 0 aliphatic carbocycles. The first-order valence-corrected chi connectivity index (χ1v) is 6.46. The third-order valence-electron chi connectivity index (χ3n) is 3.53. The van der Waals surface area contributed by atoms with Gasteiger partial charge in [-0.25, -0.2) is 0 Å². The molecule has 0 spiro atoms. The number of carbonyl (C=O) groups excluding carboxylic acids is 1. The van der Waals surface area contributed by atoms with Gasteiger partial charge in [-0.1, -0.05) is 6.92 Å². The molecule has 2 N–H and O–H groups in total. The molecule has 106 valence electrons. The van der Waals surface area contributed by atoms with Crippen LogP contribution in [0.25, 0.3) is 0 Å². The Kier molecular flexibility index (Phi) is 4.30. The van der Waals surface area contributed by atoms with Crippen LogP contribution in [0.4, 0.5) is 0 Å². The summed E-state index contributed by atoms with van der Waals surface area (Å²) in [5.41, 5.74) is 0.113. The zero-order chi connectivity index (χ0) is 14.8. The van der Waals surface area contributed by atoms with Gasteiger partial charge < -0.3 is 10.4 Å². The molecular formula is C14H23N3O2. The van der Waals surface area contributed by atoms with Gasteiger partial charge in [-0.15, -0.1) is 0 Å². The second-order valence-corrected chi connectivity index (χ2v) is 5.84. The number of hydrogen-bond donors (Lipinski definition) is 2. The summed E-state index contributed by atoms with van der Waals surface area (Å²) in [5, 5.41) is 20.9. The maximum absolute atomic E-state index is 12.3. The van der Waals surface area contributed by atoms with Gasteiger partial charge in [0.2, 0.25) is 0 Å². The van der Waals surface area contributed by atoms with Crippen molar-refractivity contribution in [1.82, 2.24) is 15.5 Å². The zero-order valence-corrected chi connectivity index (χ0v) is 12.5. The summed E-state index contributed by atoms with van der Waals surface area (Å²) < 4.78 is 0. The van der Waals surface area contributed by atoms with Crippen LogP contribution in [0.15, 0.2) is 6.07 Å². The van der Waals surface area contributed by atoms with Gasteiger partial charge >= 0.3 is 0 Å². The smallest absolute Gasteiger partial charge is 0.253 e. The van der Waals surface area contributed by atoms with E-state index in [2.05, 4.69) is 15.5 Å². The van der Waals surface area contributed by atoms with Crippen molar-refractivity contribution in [1.29, 1.82) is 0 Å². The molecule has 5 nitrogen and oxygen atoms in total. The summed E-state index contributed by atoms with van der Waals surface area (Å²) in [4.78, 5) is 12.3. The van der Waals surface area contributed by atoms with E-state index in [0.717, 1.165) is 0 Å². The molecule has 1 rings (SSSR count). The van der Waals surface area contributed by atoms with Gasteiger partial charge in [0.25, 0.3) is 5.91 Å². The molecule has 0 aliphatic rings. The Morgan fingerprint density at radius 2 is 1.89 bits per heavy atom. The van der Waals surface area contributed by atoms with E-state index in [0.29, 0.717) is 23.4 Å². The molecule has 0 fully saturated rings. The van der Waals surface area contributed by atoms with E-state index < -0.39 is 11.1 Å². The Balaban J connectivity index is 3.05. The summed E-state index contributed by atoms with van der Waals surface area (Å²) in [6, 6.07) is 1.72. The molecule has 0 saturated heterocycles. The Labute approximate surface area is 114 Å². The number of aromatic nitrogens is 2. The first-order chi connectivity index (χ1) is 8.58. The highest BCUT2D eigenvalue weighted by atomic mass is 16.3. The molecule has 0 aromatic carbocycles. The van der Waals surface area contributed by atoms with Crippen molar-refractivity contribution in [2.45, 2.75) is 59.1 Å². The Morgan fingerprint density at radius 3 is 2.37 bits per heavy atom. The maximum Gasteiger partial charge on any atom is 0.253 e. The summed E-state index contributed by atoms with van der Waals surface area (Å²) in [6.45, 7) is 10.6. The number of aliphatic hydroxyl groups is 1. The Bertz CT molecular complexity index is 476. The van der Waals surface area contributed by atoms with E-state index in [-0.39, 0.29) is 5.91 Å². The van der Waals surface area contributed by atoms with Gasteiger partial charge in [-0.05, 0) is 47.1 Å². The zero-order valence-electron chi connectivity index (χ0n) is 12.5. The third kappa shape index (κ3) is 3.50. The van der Waals surface area contributed by atoms with Crippen LogP contribution in [0.2, 0.25) is 0 Å². The molecule has 1 aromatic heterocycles. The lowest BCUT2D eigenvalue weighted by Gasteiger charge is -2.38. The minimum Gasteiger partial charge on any atom is -0.388 e. The lowest BCUT2D eigenvalue weighted by atomic mass is 9.85. The number of nitrogens with zero attached hydrogens (tertiary/aromatic N) is 2. The number of amides is 1. The van der Waals surface area contributed by atoms with E-state index in [1.807, 2.05) is 6.92 Å². The Hall–Kier alpha value is -1.49. The van der Waals surface area contributed by atoms with Gasteiger partial charge in [-0.3, -0.25) is 4.79 Å². The highest BCUT2D eigenvalue weighted by Gasteiger charge is 2.36. The van der Waals surface area contributed by atoms with E-state index >= 15 is 0 Å². The van der Waals surface area contributed by atoms with E-state index in [4.69, 9.17) is 0 Å². The molecule has 0 radical (unpaired) electrons. The summed E-state index contributed by atoms with van der Waals surface area (Å²) in [5.74, 6) is -0.234. The van der Waals surface area contributed by atoms with Crippen molar-refractivity contribution < 1.29 is 9.90 Å². The van der Waals surface area contributed by atoms with E-state index in [1.54, 1.807) is 40.7 Å². The minimum absolute atomic E-state index is 0.234. The summed E-state index contributed by atoms with van der Waals surface area (Å²) in [6.07, 6.45) is 0.638. The molecule has 0 saturated carbocycles. The molecule has 0 aliphatic heterocycles. The van der Waals surface area contributed by atoms with E-state index in [1.165, 1.54) is 0 Å². The van der Waals surface area contributed by atoms with Crippen molar-refractivity contribution >= 4 is 5.91 Å². The summed E-state index contributed by atoms with van der Waals surface area (Å²) >= 11 is 0. The molecule has 19 heavy (non-hydrogen) atoms. The second-order valence-electron chi connectivity index (χ2n) is 5.84. The van der Waals surface area contributed by atoms with Crippen molar-refractivity contribution in [2.75, 3.05) is 0 Å². The molecule has 5 heteroatoms. The third-order valence-corrected chi connectivity index (χ3v) is 3.53. The van der Waals surface area contributed by atoms with Gasteiger partial charge in [0.1, 0.15) is 0 Å². The molecule has 1 amide bonds. The normalized spacial score (nSPS) is 12.4. The quantitative estimate of drug-likeness (QED) is 0.867. The average molecular weight is 265 g/mol. The highest BCUT2D eigenvalue weighted by molar-refractivity contribution is 5.95. The fourth-order valence-electron chi connectivity index (χ4n) is 1.48. The summed E-state index contributed by atoms with van der Waals surface area (Å²) in [7, 11) is 0. The van der Waals surface area contributed by atoms with Crippen molar-refractivity contribution in [2.24, 2.45) is 0 Å². The standard InChI is InChI=1S/C14H23N3O2/c1-7-11-10(8-9(2)16-17-11)12(18)15-13(3,4)14(5,6)19/h8,19H,7H2,1-6H3,(H,15,18). The van der Waals surface area contributed by atoms with Gasteiger partial charge in [-0.2, -0.15) is 10.2 Å². The molecule has 1 aromatic rings. The highest BCUT2D eigenvalue weighted by Crippen LogP contribution is 2.21. The maximum atomic E-state index is 12.3. The number of aryl methyl sites for hydroxylation is 2. The fraction of sp³-hybridized carbons (Fsp3) is 0.643. The molecule has 0 atom stereocenters. The minimum atomic E-state index is -1.02. The van der Waals surface area contributed by atoms with Crippen LogP contribution in [0.3, 0.4) is 0 Å². The predicted octanol–water partition coefficient (Wildman–Crippen LogP) is 1.63. The second kappa shape index (κ2) is 5.25. The topological polar surface area (TPSA) is 75.1 Å². The SMILES string of the molecule is CCc1nnc(C)cc1C(=O)NC(C)(C)C(C)(C)O. The predicted molar refractivity (Wildman–Crippen MR) is 74.0 cm³/mol. The average Bonchev–Trinajstić information content (AvgIpc) is 2.26. The molecule has 1 heterocycles. The van der Waals surface area contributed by atoms with Crippen LogP contribution in [0, 0.1) is 6.92 Å². The van der Waals surface area contributed by atoms with Crippen molar-refractivity contribution in [3.8, 4) is 0 Å². The molecular weight excluding hydrogens is 242 g/mol. The number of nitrogens with one attached hydrogen (secondary N) is 1. The van der Waals surface area contributed by atoms with Crippen LogP contribution in [-0.2, 0) is 6.42 Å². The lowest BCUT2D eigenvalue weighted by Crippen LogP contribution is -2.57. The van der Waals surface area contributed by atoms with Crippen molar-refractivity contribution in [3.05, 3.63) is 23.0 Å². The Morgan fingerprint density at radius 1 is 1.32 bits per heavy atom. The first-order valence-electron chi connectivity index (χ1n) is 6.46. The van der Waals surface area contributed by atoms with Crippen LogP contribution in [-0.4, -0.2) is 32.4 Å². The van der Waals surface area contributed by atoms with Gasteiger partial charge in [0.05, 0.1) is 28.1 Å². The monoisotopic (exact) mass is 265 g/mol. The van der Waals surface area contributed by atoms with Gasteiger partial charge in [0.15, 0.2) is 0 Å². The lowest BCUT2D eigenvalue weighted by molar-refractivity contribution is -0.00296. The molecule has 0 bridgehead atoms. The van der Waals surface area contributed by atoms with Crippen molar-refractivity contribution in [3.63, 3.8) is 0 Å². The van der Waals surface area contributed by atoms with Crippen LogP contribution < -0.4 is 5.32 Å². The van der Waals surface area contributed by atoms with Crippen LogP contribution in [0.1, 0.15) is 56.4 Å². The number of hydrogen-bond acceptors (Lipinski definition) is 4. The molecule has 0 unspecified atom stereocenters. The fourth-order valence-corrected chi connectivity index (χ4v) is 1.48. The number of carbonyl (C=O) groups is 1. The van der Waals surface area contributed by atoms with Crippen LogP contribution >= 0.6 is 0 Å². The van der Waals surface area contributed by atoms with Crippen LogP contribution in [0.5, 0.6) is 0 Å².